The zero-order chi connectivity index (χ0) is 23.6. The number of anilines is 1. The SMILES string of the molecule is COc1ccc(CC(=O)NCc2cccc(NC(=O)CCNC(=O)OC(C)(C)C)c2)cc1. The predicted octanol–water partition coefficient (Wildman–Crippen LogP) is 3.41. The van der Waals surface area contributed by atoms with Crippen LogP contribution >= 0.6 is 0 Å². The van der Waals surface area contributed by atoms with Crippen LogP contribution in [0.3, 0.4) is 0 Å². The van der Waals surface area contributed by atoms with E-state index in [-0.39, 0.29) is 31.2 Å². The van der Waals surface area contributed by atoms with Crippen molar-refractivity contribution in [3.05, 3.63) is 59.7 Å². The van der Waals surface area contributed by atoms with Crippen molar-refractivity contribution in [1.82, 2.24) is 10.6 Å². The van der Waals surface area contributed by atoms with E-state index in [0.29, 0.717) is 12.2 Å². The summed E-state index contributed by atoms with van der Waals surface area (Å²) >= 11 is 0. The fraction of sp³-hybridized carbons (Fsp3) is 0.375. The van der Waals surface area contributed by atoms with Crippen molar-refractivity contribution in [2.24, 2.45) is 0 Å². The average molecular weight is 442 g/mol. The standard InChI is InChI=1S/C24H31N3O5/c1-24(2,3)32-23(30)25-13-12-21(28)27-19-7-5-6-18(14-19)16-26-22(29)15-17-8-10-20(31-4)11-9-17/h5-11,14H,12-13,15-16H2,1-4H3,(H,25,30)(H,26,29)(H,27,28). The second-order valence-corrected chi connectivity index (χ2v) is 8.23. The van der Waals surface area contributed by atoms with Crippen molar-refractivity contribution in [3.63, 3.8) is 0 Å². The van der Waals surface area contributed by atoms with Gasteiger partial charge in [0, 0.05) is 25.2 Å². The molecule has 0 spiro atoms. The molecule has 0 aliphatic heterocycles. The summed E-state index contributed by atoms with van der Waals surface area (Å²) in [6.07, 6.45) is -0.176. The fourth-order valence-corrected chi connectivity index (χ4v) is 2.77. The second-order valence-electron chi connectivity index (χ2n) is 8.23. The monoisotopic (exact) mass is 441 g/mol. The number of methoxy groups -OCH3 is 1. The zero-order valence-corrected chi connectivity index (χ0v) is 19.0. The molecule has 172 valence electrons. The Balaban J connectivity index is 1.75. The Morgan fingerprint density at radius 2 is 1.62 bits per heavy atom. The Kier molecular flexibility index (Phi) is 9.07. The molecule has 2 rings (SSSR count). The molecule has 0 fully saturated rings. The molecule has 0 saturated carbocycles. The molecule has 8 nitrogen and oxygen atoms in total. The summed E-state index contributed by atoms with van der Waals surface area (Å²) in [7, 11) is 1.60. The highest BCUT2D eigenvalue weighted by Crippen LogP contribution is 2.13. The molecule has 3 amide bonds. The molecule has 0 aromatic heterocycles. The molecule has 0 heterocycles. The molecular weight excluding hydrogens is 410 g/mol. The van der Waals surface area contributed by atoms with E-state index in [1.807, 2.05) is 30.3 Å². The molecule has 0 unspecified atom stereocenters. The number of amides is 3. The lowest BCUT2D eigenvalue weighted by Gasteiger charge is -2.19. The topological polar surface area (TPSA) is 106 Å². The van der Waals surface area contributed by atoms with Crippen LogP contribution in [0.15, 0.2) is 48.5 Å². The van der Waals surface area contributed by atoms with Gasteiger partial charge in [-0.25, -0.2) is 4.79 Å². The highest BCUT2D eigenvalue weighted by molar-refractivity contribution is 5.91. The number of nitrogens with one attached hydrogen (secondary N) is 3. The number of alkyl carbamates (subject to hydrolysis) is 1. The minimum Gasteiger partial charge on any atom is -0.497 e. The van der Waals surface area contributed by atoms with Crippen LogP contribution in [0.4, 0.5) is 10.5 Å². The minimum atomic E-state index is -0.586. The van der Waals surface area contributed by atoms with Gasteiger partial charge >= 0.3 is 6.09 Å². The van der Waals surface area contributed by atoms with Crippen molar-refractivity contribution in [1.29, 1.82) is 0 Å². The van der Waals surface area contributed by atoms with Crippen LogP contribution in [0.5, 0.6) is 5.75 Å². The Labute approximate surface area is 188 Å². The van der Waals surface area contributed by atoms with Crippen LogP contribution in [0.25, 0.3) is 0 Å². The van der Waals surface area contributed by atoms with Crippen LogP contribution in [0, 0.1) is 0 Å². The van der Waals surface area contributed by atoms with Gasteiger partial charge in [0.2, 0.25) is 11.8 Å². The Bertz CT molecular complexity index is 920. The molecule has 2 aromatic rings. The molecule has 0 bridgehead atoms. The molecule has 3 N–H and O–H groups in total. The van der Waals surface area contributed by atoms with Crippen molar-refractivity contribution >= 4 is 23.6 Å². The van der Waals surface area contributed by atoms with E-state index in [2.05, 4.69) is 16.0 Å². The maximum atomic E-state index is 12.2. The van der Waals surface area contributed by atoms with Crippen LogP contribution in [-0.4, -0.2) is 37.2 Å². The highest BCUT2D eigenvalue weighted by atomic mass is 16.6. The van der Waals surface area contributed by atoms with Gasteiger partial charge in [0.1, 0.15) is 11.4 Å². The minimum absolute atomic E-state index is 0.0992. The first kappa shape index (κ1) is 24.7. The normalized spacial score (nSPS) is 10.8. The molecule has 8 heteroatoms. The summed E-state index contributed by atoms with van der Waals surface area (Å²) in [6.45, 7) is 5.83. The van der Waals surface area contributed by atoms with Gasteiger partial charge in [-0.05, 0) is 56.2 Å². The third kappa shape index (κ3) is 9.51. The number of hydrogen-bond acceptors (Lipinski definition) is 5. The molecule has 0 aliphatic rings. The fourth-order valence-electron chi connectivity index (χ4n) is 2.77. The molecule has 2 aromatic carbocycles. The van der Waals surface area contributed by atoms with Crippen molar-refractivity contribution in [3.8, 4) is 5.75 Å². The van der Waals surface area contributed by atoms with Crippen LogP contribution in [0.2, 0.25) is 0 Å². The van der Waals surface area contributed by atoms with Gasteiger partial charge < -0.3 is 25.4 Å². The third-order valence-electron chi connectivity index (χ3n) is 4.24. The maximum absolute atomic E-state index is 12.2. The van der Waals surface area contributed by atoms with Crippen molar-refractivity contribution < 1.29 is 23.9 Å². The van der Waals surface area contributed by atoms with E-state index in [9.17, 15) is 14.4 Å². The lowest BCUT2D eigenvalue weighted by Crippen LogP contribution is -2.34. The third-order valence-corrected chi connectivity index (χ3v) is 4.24. The van der Waals surface area contributed by atoms with Crippen LogP contribution in [-0.2, 0) is 27.3 Å². The zero-order valence-electron chi connectivity index (χ0n) is 19.0. The quantitative estimate of drug-likeness (QED) is 0.553. The van der Waals surface area contributed by atoms with E-state index in [1.165, 1.54) is 0 Å². The van der Waals surface area contributed by atoms with E-state index in [1.54, 1.807) is 46.1 Å². The number of benzene rings is 2. The molecule has 0 atom stereocenters. The maximum Gasteiger partial charge on any atom is 0.407 e. The second kappa shape index (κ2) is 11.7. The molecule has 0 radical (unpaired) electrons. The van der Waals surface area contributed by atoms with Gasteiger partial charge in [0.15, 0.2) is 0 Å². The summed E-state index contributed by atoms with van der Waals surface area (Å²) in [4.78, 5) is 35.9. The van der Waals surface area contributed by atoms with E-state index in [0.717, 1.165) is 16.9 Å². The lowest BCUT2D eigenvalue weighted by molar-refractivity contribution is -0.120. The summed E-state index contributed by atoms with van der Waals surface area (Å²) < 4.78 is 10.2. The number of carbonyl (C=O) groups excluding carboxylic acids is 3. The molecule has 0 saturated heterocycles. The number of rotatable bonds is 9. The Hall–Kier alpha value is -3.55. The van der Waals surface area contributed by atoms with Crippen LogP contribution < -0.4 is 20.7 Å². The van der Waals surface area contributed by atoms with Gasteiger partial charge in [0.05, 0.1) is 13.5 Å². The summed E-state index contributed by atoms with van der Waals surface area (Å²) in [6, 6.07) is 14.6. The molecular formula is C24H31N3O5. The van der Waals surface area contributed by atoms with E-state index in [4.69, 9.17) is 9.47 Å². The van der Waals surface area contributed by atoms with Gasteiger partial charge in [-0.3, -0.25) is 9.59 Å². The Morgan fingerprint density at radius 3 is 2.28 bits per heavy atom. The Morgan fingerprint density at radius 1 is 0.906 bits per heavy atom. The summed E-state index contributed by atoms with van der Waals surface area (Å²) in [5, 5.41) is 8.21. The van der Waals surface area contributed by atoms with Gasteiger partial charge in [0.25, 0.3) is 0 Å². The van der Waals surface area contributed by atoms with Gasteiger partial charge in [-0.1, -0.05) is 24.3 Å². The summed E-state index contributed by atoms with van der Waals surface area (Å²) in [5.74, 6) is 0.410. The van der Waals surface area contributed by atoms with Crippen molar-refractivity contribution in [2.45, 2.75) is 45.8 Å². The summed E-state index contributed by atoms with van der Waals surface area (Å²) in [5.41, 5.74) is 1.79. The van der Waals surface area contributed by atoms with Gasteiger partial charge in [-0.15, -0.1) is 0 Å². The van der Waals surface area contributed by atoms with E-state index >= 15 is 0 Å². The molecule has 0 aliphatic carbocycles. The number of carbonyl (C=O) groups is 3. The van der Waals surface area contributed by atoms with Gasteiger partial charge in [-0.2, -0.15) is 0 Å². The average Bonchev–Trinajstić information content (AvgIpc) is 2.72. The largest absolute Gasteiger partial charge is 0.497 e. The number of ether oxygens (including phenoxy) is 2. The smallest absolute Gasteiger partial charge is 0.407 e. The van der Waals surface area contributed by atoms with Crippen molar-refractivity contribution in [2.75, 3.05) is 19.0 Å². The predicted molar refractivity (Wildman–Crippen MR) is 122 cm³/mol. The van der Waals surface area contributed by atoms with Crippen LogP contribution in [0.1, 0.15) is 38.3 Å². The first-order chi connectivity index (χ1) is 15.1. The highest BCUT2D eigenvalue weighted by Gasteiger charge is 2.16. The molecule has 32 heavy (non-hydrogen) atoms. The first-order valence-electron chi connectivity index (χ1n) is 10.4. The van der Waals surface area contributed by atoms with E-state index < -0.39 is 11.7 Å². The first-order valence-corrected chi connectivity index (χ1v) is 10.4. The number of hydrogen-bond donors (Lipinski definition) is 3. The lowest BCUT2D eigenvalue weighted by atomic mass is 10.1.